The third-order valence-electron chi connectivity index (χ3n) is 3.10. The van der Waals surface area contributed by atoms with Gasteiger partial charge in [0.2, 0.25) is 5.91 Å². The standard InChI is InChI=1S/C17H13IN2O2S/c1-22-13-6-7-14-15(10-13)23-17(19-14)20-16(21)8-5-11-3-2-4-12(18)9-11/h2-10H,1H3,(H,19,20,21). The molecule has 0 fully saturated rings. The topological polar surface area (TPSA) is 51.2 Å². The number of benzene rings is 2. The lowest BCUT2D eigenvalue weighted by molar-refractivity contribution is -0.111. The summed E-state index contributed by atoms with van der Waals surface area (Å²) in [5.74, 6) is 0.576. The summed E-state index contributed by atoms with van der Waals surface area (Å²) in [5.41, 5.74) is 1.83. The number of nitrogens with one attached hydrogen (secondary N) is 1. The monoisotopic (exact) mass is 436 g/mol. The van der Waals surface area contributed by atoms with Crippen LogP contribution >= 0.6 is 33.9 Å². The first-order valence-electron chi connectivity index (χ1n) is 6.83. The first-order chi connectivity index (χ1) is 11.1. The smallest absolute Gasteiger partial charge is 0.250 e. The van der Waals surface area contributed by atoms with Gasteiger partial charge in [-0.3, -0.25) is 10.1 Å². The number of methoxy groups -OCH3 is 1. The Morgan fingerprint density at radius 3 is 2.96 bits per heavy atom. The molecule has 0 unspecified atom stereocenters. The van der Waals surface area contributed by atoms with Gasteiger partial charge in [0.05, 0.1) is 17.3 Å². The average molecular weight is 436 g/mol. The van der Waals surface area contributed by atoms with E-state index in [1.165, 1.54) is 17.4 Å². The molecule has 6 heteroatoms. The molecule has 1 amide bonds. The lowest BCUT2D eigenvalue weighted by Gasteiger charge is -1.96. The zero-order valence-electron chi connectivity index (χ0n) is 12.2. The van der Waals surface area contributed by atoms with Crippen molar-refractivity contribution in [3.05, 3.63) is 57.7 Å². The molecule has 116 valence electrons. The van der Waals surface area contributed by atoms with Gasteiger partial charge in [0.15, 0.2) is 5.13 Å². The molecule has 0 radical (unpaired) electrons. The lowest BCUT2D eigenvalue weighted by atomic mass is 10.2. The van der Waals surface area contributed by atoms with E-state index in [9.17, 15) is 4.79 Å². The highest BCUT2D eigenvalue weighted by Gasteiger charge is 2.07. The molecule has 0 aliphatic rings. The van der Waals surface area contributed by atoms with Crippen LogP contribution in [0.15, 0.2) is 48.5 Å². The summed E-state index contributed by atoms with van der Waals surface area (Å²) >= 11 is 3.66. The molecule has 0 atom stereocenters. The molecule has 0 spiro atoms. The highest BCUT2D eigenvalue weighted by molar-refractivity contribution is 14.1. The number of rotatable bonds is 4. The van der Waals surface area contributed by atoms with Crippen LogP contribution in [-0.4, -0.2) is 18.0 Å². The van der Waals surface area contributed by atoms with Crippen molar-refractivity contribution in [2.45, 2.75) is 0 Å². The van der Waals surface area contributed by atoms with Crippen LogP contribution in [0.5, 0.6) is 5.75 Å². The Hall–Kier alpha value is -1.93. The number of fused-ring (bicyclic) bond motifs is 1. The number of aromatic nitrogens is 1. The van der Waals surface area contributed by atoms with Crippen molar-refractivity contribution in [3.63, 3.8) is 0 Å². The second kappa shape index (κ2) is 7.10. The molecule has 1 N–H and O–H groups in total. The normalized spacial score (nSPS) is 11.0. The molecular weight excluding hydrogens is 423 g/mol. The maximum absolute atomic E-state index is 12.0. The molecule has 2 aromatic carbocycles. The second-order valence-electron chi connectivity index (χ2n) is 4.73. The Morgan fingerprint density at radius 2 is 2.17 bits per heavy atom. The largest absolute Gasteiger partial charge is 0.497 e. The van der Waals surface area contributed by atoms with Crippen LogP contribution in [0.25, 0.3) is 16.3 Å². The number of ether oxygens (including phenoxy) is 1. The molecule has 23 heavy (non-hydrogen) atoms. The highest BCUT2D eigenvalue weighted by Crippen LogP contribution is 2.29. The molecular formula is C17H13IN2O2S. The minimum absolute atomic E-state index is 0.199. The number of amides is 1. The molecule has 1 heterocycles. The number of hydrogen-bond donors (Lipinski definition) is 1. The van der Waals surface area contributed by atoms with Crippen LogP contribution in [-0.2, 0) is 4.79 Å². The molecule has 0 saturated heterocycles. The maximum Gasteiger partial charge on any atom is 0.250 e. The number of carbonyl (C=O) groups is 1. The van der Waals surface area contributed by atoms with Crippen LogP contribution in [0.2, 0.25) is 0 Å². The summed E-state index contributed by atoms with van der Waals surface area (Å²) in [4.78, 5) is 16.4. The predicted molar refractivity (Wildman–Crippen MR) is 103 cm³/mol. The van der Waals surface area contributed by atoms with E-state index in [0.29, 0.717) is 5.13 Å². The van der Waals surface area contributed by atoms with Gasteiger partial charge in [-0.05, 0) is 64.6 Å². The Labute approximate surface area is 151 Å². The van der Waals surface area contributed by atoms with E-state index in [2.05, 4.69) is 32.9 Å². The van der Waals surface area contributed by atoms with Crippen molar-refractivity contribution >= 4 is 61.3 Å². The Kier molecular flexibility index (Phi) is 4.92. The fourth-order valence-electron chi connectivity index (χ4n) is 2.01. The quantitative estimate of drug-likeness (QED) is 0.482. The van der Waals surface area contributed by atoms with Crippen LogP contribution in [0.1, 0.15) is 5.56 Å². The van der Waals surface area contributed by atoms with E-state index in [-0.39, 0.29) is 5.91 Å². The zero-order valence-corrected chi connectivity index (χ0v) is 15.2. The number of thiazole rings is 1. The SMILES string of the molecule is COc1ccc2nc(NC(=O)C=Cc3cccc(I)c3)sc2c1. The summed E-state index contributed by atoms with van der Waals surface area (Å²) in [6.07, 6.45) is 3.30. The van der Waals surface area contributed by atoms with Crippen LogP contribution in [0.4, 0.5) is 5.13 Å². The van der Waals surface area contributed by atoms with Crippen molar-refractivity contribution in [1.29, 1.82) is 0 Å². The van der Waals surface area contributed by atoms with E-state index in [1.807, 2.05) is 42.5 Å². The average Bonchev–Trinajstić information content (AvgIpc) is 2.94. The first kappa shape index (κ1) is 15.9. The van der Waals surface area contributed by atoms with Crippen LogP contribution in [0.3, 0.4) is 0 Å². The minimum atomic E-state index is -0.199. The highest BCUT2D eigenvalue weighted by atomic mass is 127. The third-order valence-corrected chi connectivity index (χ3v) is 4.71. The maximum atomic E-state index is 12.0. The van der Waals surface area contributed by atoms with Gasteiger partial charge in [-0.15, -0.1) is 0 Å². The Morgan fingerprint density at radius 1 is 1.30 bits per heavy atom. The molecule has 0 bridgehead atoms. The molecule has 3 aromatic rings. The van der Waals surface area contributed by atoms with Gasteiger partial charge in [-0.1, -0.05) is 23.5 Å². The van der Waals surface area contributed by atoms with Gasteiger partial charge in [0, 0.05) is 9.65 Å². The summed E-state index contributed by atoms with van der Waals surface area (Å²) in [6.45, 7) is 0. The van der Waals surface area contributed by atoms with E-state index in [4.69, 9.17) is 4.74 Å². The third kappa shape index (κ3) is 4.08. The van der Waals surface area contributed by atoms with E-state index < -0.39 is 0 Å². The molecule has 4 nitrogen and oxygen atoms in total. The summed E-state index contributed by atoms with van der Waals surface area (Å²) in [5, 5.41) is 3.37. The number of hydrogen-bond acceptors (Lipinski definition) is 4. The molecule has 0 aliphatic heterocycles. The number of halogens is 1. The van der Waals surface area contributed by atoms with Crippen molar-refractivity contribution < 1.29 is 9.53 Å². The lowest BCUT2D eigenvalue weighted by Crippen LogP contribution is -2.07. The van der Waals surface area contributed by atoms with E-state index in [1.54, 1.807) is 13.2 Å². The Balaban J connectivity index is 1.72. The van der Waals surface area contributed by atoms with Crippen molar-refractivity contribution in [2.24, 2.45) is 0 Å². The fourth-order valence-corrected chi connectivity index (χ4v) is 3.48. The summed E-state index contributed by atoms with van der Waals surface area (Å²) in [7, 11) is 1.63. The van der Waals surface area contributed by atoms with Crippen molar-refractivity contribution in [2.75, 3.05) is 12.4 Å². The first-order valence-corrected chi connectivity index (χ1v) is 8.73. The molecule has 0 saturated carbocycles. The molecule has 1 aromatic heterocycles. The fraction of sp³-hybridized carbons (Fsp3) is 0.0588. The number of carbonyl (C=O) groups excluding carboxylic acids is 1. The van der Waals surface area contributed by atoms with Crippen molar-refractivity contribution in [3.8, 4) is 5.75 Å². The zero-order chi connectivity index (χ0) is 16.2. The van der Waals surface area contributed by atoms with Gasteiger partial charge in [0.25, 0.3) is 0 Å². The summed E-state index contributed by atoms with van der Waals surface area (Å²) < 4.78 is 7.29. The van der Waals surface area contributed by atoms with Gasteiger partial charge in [-0.25, -0.2) is 4.98 Å². The number of anilines is 1. The summed E-state index contributed by atoms with van der Waals surface area (Å²) in [6, 6.07) is 13.6. The Bertz CT molecular complexity index is 889. The van der Waals surface area contributed by atoms with Gasteiger partial charge < -0.3 is 4.74 Å². The van der Waals surface area contributed by atoms with Gasteiger partial charge in [0.1, 0.15) is 5.75 Å². The number of nitrogens with zero attached hydrogens (tertiary/aromatic N) is 1. The predicted octanol–water partition coefficient (Wildman–Crippen LogP) is 4.56. The molecule has 0 aliphatic carbocycles. The molecule has 3 rings (SSSR count). The van der Waals surface area contributed by atoms with Crippen LogP contribution < -0.4 is 10.1 Å². The van der Waals surface area contributed by atoms with Crippen LogP contribution in [0, 0.1) is 3.57 Å². The van der Waals surface area contributed by atoms with E-state index >= 15 is 0 Å². The van der Waals surface area contributed by atoms with Gasteiger partial charge in [-0.2, -0.15) is 0 Å². The minimum Gasteiger partial charge on any atom is -0.497 e. The van der Waals surface area contributed by atoms with E-state index in [0.717, 1.165) is 25.1 Å². The van der Waals surface area contributed by atoms with Crippen molar-refractivity contribution in [1.82, 2.24) is 4.98 Å². The van der Waals surface area contributed by atoms with Gasteiger partial charge >= 0.3 is 0 Å². The second-order valence-corrected chi connectivity index (χ2v) is 7.01.